The maximum atomic E-state index is 12.9. The maximum Gasteiger partial charge on any atom is 0.141 e. The molecule has 0 saturated carbocycles. The number of rotatable bonds is 7. The fraction of sp³-hybridized carbons (Fsp3) is 0.667. The molecule has 1 aromatic heterocycles. The molecule has 0 radical (unpaired) electrons. The predicted molar refractivity (Wildman–Crippen MR) is 79.0 cm³/mol. The largest absolute Gasteiger partial charge is 0.394 e. The summed E-state index contributed by atoms with van der Waals surface area (Å²) in [5, 5.41) is 12.6. The fourth-order valence-corrected chi connectivity index (χ4v) is 2.20. The van der Waals surface area contributed by atoms with E-state index < -0.39 is 0 Å². The zero-order valence-corrected chi connectivity index (χ0v) is 13.0. The molecule has 0 aromatic carbocycles. The van der Waals surface area contributed by atoms with Crippen molar-refractivity contribution in [3.05, 3.63) is 29.8 Å². The van der Waals surface area contributed by atoms with Crippen LogP contribution in [0.4, 0.5) is 4.39 Å². The molecular weight excluding hydrogens is 257 g/mol. The van der Waals surface area contributed by atoms with Crippen LogP contribution in [-0.2, 0) is 0 Å². The number of hydrogen-bond donors (Lipinski definition) is 2. The van der Waals surface area contributed by atoms with Crippen molar-refractivity contribution in [3.8, 4) is 0 Å². The molecular formula is C15H26FN3O. The second-order valence-corrected chi connectivity index (χ2v) is 6.00. The lowest BCUT2D eigenvalue weighted by atomic mass is 9.95. The molecule has 2 unspecified atom stereocenters. The van der Waals surface area contributed by atoms with Crippen molar-refractivity contribution >= 4 is 0 Å². The molecule has 0 amide bonds. The highest BCUT2D eigenvalue weighted by Crippen LogP contribution is 2.23. The van der Waals surface area contributed by atoms with Gasteiger partial charge >= 0.3 is 0 Å². The lowest BCUT2D eigenvalue weighted by molar-refractivity contribution is 0.0633. The molecule has 0 saturated heterocycles. The van der Waals surface area contributed by atoms with Gasteiger partial charge in [-0.3, -0.25) is 9.88 Å². The van der Waals surface area contributed by atoms with Crippen LogP contribution in [0.3, 0.4) is 0 Å². The summed E-state index contributed by atoms with van der Waals surface area (Å²) in [5.74, 6) is -0.0522. The summed E-state index contributed by atoms with van der Waals surface area (Å²) in [5.41, 5.74) is 0.569. The van der Waals surface area contributed by atoms with E-state index in [1.165, 1.54) is 12.3 Å². The highest BCUT2D eigenvalue weighted by atomic mass is 19.1. The molecule has 0 bridgehead atoms. The Kier molecular flexibility index (Phi) is 6.05. The predicted octanol–water partition coefficient (Wildman–Crippen LogP) is 1.82. The summed E-state index contributed by atoms with van der Waals surface area (Å²) < 4.78 is 12.9. The highest BCUT2D eigenvalue weighted by Gasteiger charge is 2.27. The van der Waals surface area contributed by atoms with Crippen LogP contribution in [0.5, 0.6) is 0 Å². The van der Waals surface area contributed by atoms with Crippen molar-refractivity contribution in [2.24, 2.45) is 5.92 Å². The fourth-order valence-electron chi connectivity index (χ4n) is 2.20. The van der Waals surface area contributed by atoms with Crippen LogP contribution in [-0.4, -0.2) is 47.8 Å². The number of aliphatic hydroxyl groups is 1. The van der Waals surface area contributed by atoms with Gasteiger partial charge in [0.2, 0.25) is 0 Å². The van der Waals surface area contributed by atoms with Crippen LogP contribution in [0.1, 0.15) is 32.5 Å². The summed E-state index contributed by atoms with van der Waals surface area (Å²) in [4.78, 5) is 6.29. The van der Waals surface area contributed by atoms with E-state index >= 15 is 0 Å². The van der Waals surface area contributed by atoms with E-state index in [4.69, 9.17) is 0 Å². The molecule has 0 aliphatic heterocycles. The van der Waals surface area contributed by atoms with E-state index in [1.54, 1.807) is 6.07 Å². The lowest BCUT2D eigenvalue weighted by Gasteiger charge is -2.37. The van der Waals surface area contributed by atoms with Crippen LogP contribution in [0.2, 0.25) is 0 Å². The normalized spacial score (nSPS) is 15.4. The van der Waals surface area contributed by atoms with Gasteiger partial charge in [-0.1, -0.05) is 6.92 Å². The van der Waals surface area contributed by atoms with Crippen molar-refractivity contribution in [2.45, 2.75) is 32.4 Å². The minimum atomic E-state index is -0.324. The van der Waals surface area contributed by atoms with Gasteiger partial charge in [-0.05, 0) is 46.0 Å². The van der Waals surface area contributed by atoms with E-state index in [0.717, 1.165) is 12.2 Å². The first-order valence-corrected chi connectivity index (χ1v) is 6.92. The van der Waals surface area contributed by atoms with Crippen molar-refractivity contribution in [3.63, 3.8) is 0 Å². The average molecular weight is 283 g/mol. The molecule has 0 aliphatic rings. The van der Waals surface area contributed by atoms with Gasteiger partial charge in [0.1, 0.15) is 5.82 Å². The van der Waals surface area contributed by atoms with E-state index in [1.807, 2.05) is 27.9 Å². The third kappa shape index (κ3) is 4.23. The number of nitrogens with zero attached hydrogens (tertiary/aromatic N) is 2. The lowest BCUT2D eigenvalue weighted by Crippen LogP contribution is -2.47. The number of likely N-dealkylation sites (N-methyl/N-ethyl adjacent to an activating group) is 1. The smallest absolute Gasteiger partial charge is 0.141 e. The molecule has 2 N–H and O–H groups in total. The first-order chi connectivity index (χ1) is 9.31. The minimum Gasteiger partial charge on any atom is -0.394 e. The first kappa shape index (κ1) is 17.0. The molecule has 0 aliphatic carbocycles. The molecule has 4 nitrogen and oxygen atoms in total. The Morgan fingerprint density at radius 2 is 2.10 bits per heavy atom. The Morgan fingerprint density at radius 3 is 2.55 bits per heavy atom. The number of nitrogens with one attached hydrogen (secondary N) is 1. The van der Waals surface area contributed by atoms with Crippen LogP contribution < -0.4 is 5.32 Å². The molecule has 114 valence electrons. The zero-order chi connectivity index (χ0) is 15.3. The van der Waals surface area contributed by atoms with Crippen LogP contribution in [0.15, 0.2) is 18.3 Å². The van der Waals surface area contributed by atoms with Gasteiger partial charge in [0, 0.05) is 12.1 Å². The third-order valence-electron chi connectivity index (χ3n) is 3.93. The van der Waals surface area contributed by atoms with Gasteiger partial charge in [0.25, 0.3) is 0 Å². The summed E-state index contributed by atoms with van der Waals surface area (Å²) in [7, 11) is 3.88. The Labute approximate surface area is 121 Å². The van der Waals surface area contributed by atoms with Gasteiger partial charge in [0.15, 0.2) is 0 Å². The summed E-state index contributed by atoms with van der Waals surface area (Å²) in [6.07, 6.45) is 1.24. The number of aliphatic hydroxyl groups excluding tert-OH is 1. The van der Waals surface area contributed by atoms with Crippen molar-refractivity contribution in [1.82, 2.24) is 15.2 Å². The van der Waals surface area contributed by atoms with E-state index in [0.29, 0.717) is 0 Å². The first-order valence-electron chi connectivity index (χ1n) is 6.92. The molecule has 20 heavy (non-hydrogen) atoms. The van der Waals surface area contributed by atoms with E-state index in [9.17, 15) is 9.50 Å². The molecule has 2 atom stereocenters. The number of hydrogen-bond acceptors (Lipinski definition) is 4. The summed E-state index contributed by atoms with van der Waals surface area (Å²) in [6.45, 7) is 7.04. The topological polar surface area (TPSA) is 48.4 Å². The SMILES string of the molecule is CNC(c1ccc(F)cn1)C(C)CN(C)C(C)(C)CO. The second-order valence-electron chi connectivity index (χ2n) is 6.00. The summed E-state index contributed by atoms with van der Waals surface area (Å²) in [6, 6.07) is 3.19. The average Bonchev–Trinajstić information content (AvgIpc) is 2.41. The van der Waals surface area contributed by atoms with E-state index in [-0.39, 0.29) is 29.9 Å². The maximum absolute atomic E-state index is 12.9. The monoisotopic (exact) mass is 283 g/mol. The van der Waals surface area contributed by atoms with Crippen molar-refractivity contribution in [1.29, 1.82) is 0 Å². The Bertz CT molecular complexity index is 408. The molecule has 5 heteroatoms. The van der Waals surface area contributed by atoms with Gasteiger partial charge in [-0.25, -0.2) is 4.39 Å². The number of aromatic nitrogens is 1. The molecule has 1 aromatic rings. The standard InChI is InChI=1S/C15H26FN3O/c1-11(9-19(5)15(2,3)10-20)14(17-4)13-7-6-12(16)8-18-13/h6-8,11,14,17,20H,9-10H2,1-5H3. The molecule has 0 fully saturated rings. The molecule has 1 rings (SSSR count). The summed E-state index contributed by atoms with van der Waals surface area (Å²) >= 11 is 0. The molecule has 0 spiro atoms. The zero-order valence-electron chi connectivity index (χ0n) is 13.0. The van der Waals surface area contributed by atoms with Gasteiger partial charge in [-0.2, -0.15) is 0 Å². The van der Waals surface area contributed by atoms with Crippen LogP contribution in [0.25, 0.3) is 0 Å². The van der Waals surface area contributed by atoms with Crippen molar-refractivity contribution in [2.75, 3.05) is 27.2 Å². The minimum absolute atomic E-state index is 0.0487. The van der Waals surface area contributed by atoms with Gasteiger partial charge in [0.05, 0.1) is 24.5 Å². The van der Waals surface area contributed by atoms with Gasteiger partial charge < -0.3 is 10.4 Å². The van der Waals surface area contributed by atoms with Crippen molar-refractivity contribution < 1.29 is 9.50 Å². The number of halogens is 1. The number of pyridine rings is 1. The Morgan fingerprint density at radius 1 is 1.45 bits per heavy atom. The Hall–Kier alpha value is -1.04. The van der Waals surface area contributed by atoms with Crippen LogP contribution >= 0.6 is 0 Å². The second kappa shape index (κ2) is 7.11. The van der Waals surface area contributed by atoms with Gasteiger partial charge in [-0.15, -0.1) is 0 Å². The highest BCUT2D eigenvalue weighted by molar-refractivity contribution is 5.11. The molecule has 1 heterocycles. The quantitative estimate of drug-likeness (QED) is 0.801. The Balaban J connectivity index is 2.77. The van der Waals surface area contributed by atoms with E-state index in [2.05, 4.69) is 22.1 Å². The van der Waals surface area contributed by atoms with Crippen LogP contribution in [0, 0.1) is 11.7 Å². The third-order valence-corrected chi connectivity index (χ3v) is 3.93.